The van der Waals surface area contributed by atoms with Crippen molar-refractivity contribution in [1.29, 1.82) is 0 Å². The van der Waals surface area contributed by atoms with Gasteiger partial charge in [0.05, 0.1) is 12.7 Å². The van der Waals surface area contributed by atoms with Crippen molar-refractivity contribution < 1.29 is 0 Å². The second-order valence-electron chi connectivity index (χ2n) is 5.73. The molecule has 1 aliphatic rings. The van der Waals surface area contributed by atoms with E-state index in [2.05, 4.69) is 40.4 Å². The molecule has 3 rings (SSSR count). The monoisotopic (exact) mass is 303 g/mol. The summed E-state index contributed by atoms with van der Waals surface area (Å²) in [6, 6.07) is 8.52. The first-order chi connectivity index (χ1) is 10.3. The summed E-state index contributed by atoms with van der Waals surface area (Å²) in [4.78, 5) is 0. The molecule has 112 valence electrons. The number of hydrogen-bond acceptors (Lipinski definition) is 2. The minimum absolute atomic E-state index is 0.479. The summed E-state index contributed by atoms with van der Waals surface area (Å²) in [5.41, 5.74) is 4.03. The summed E-state index contributed by atoms with van der Waals surface area (Å²) in [7, 11) is 0. The van der Waals surface area contributed by atoms with Gasteiger partial charge in [0.1, 0.15) is 0 Å². The fourth-order valence-electron chi connectivity index (χ4n) is 3.05. The lowest BCUT2D eigenvalue weighted by Crippen LogP contribution is -2.26. The predicted molar refractivity (Wildman–Crippen MR) is 86.8 cm³/mol. The minimum atomic E-state index is 0.479. The van der Waals surface area contributed by atoms with Crippen LogP contribution in [0.25, 0.3) is 0 Å². The minimum Gasteiger partial charge on any atom is -0.310 e. The van der Waals surface area contributed by atoms with Gasteiger partial charge in [-0.15, -0.1) is 0 Å². The number of benzene rings is 1. The molecule has 1 heterocycles. The maximum atomic E-state index is 5.95. The second kappa shape index (κ2) is 6.63. The van der Waals surface area contributed by atoms with Gasteiger partial charge in [0.15, 0.2) is 0 Å². The maximum Gasteiger partial charge on any atom is 0.0662 e. The van der Waals surface area contributed by atoms with Gasteiger partial charge in [-0.05, 0) is 49.9 Å². The quantitative estimate of drug-likeness (QED) is 0.906. The van der Waals surface area contributed by atoms with Crippen molar-refractivity contribution in [3.05, 3.63) is 52.3 Å². The van der Waals surface area contributed by atoms with Crippen LogP contribution in [-0.2, 0) is 13.0 Å². The number of nitrogens with one attached hydrogen (secondary N) is 1. The van der Waals surface area contributed by atoms with Crippen LogP contribution in [0.15, 0.2) is 30.5 Å². The Morgan fingerprint density at radius 3 is 2.90 bits per heavy atom. The van der Waals surface area contributed by atoms with Gasteiger partial charge in [-0.1, -0.05) is 30.7 Å². The predicted octanol–water partition coefficient (Wildman–Crippen LogP) is 3.96. The van der Waals surface area contributed by atoms with Gasteiger partial charge in [-0.3, -0.25) is 4.68 Å². The third kappa shape index (κ3) is 3.30. The lowest BCUT2D eigenvalue weighted by molar-refractivity contribution is 0.451. The number of fused-ring (bicyclic) bond motifs is 1. The highest BCUT2D eigenvalue weighted by Gasteiger charge is 2.23. The molecule has 2 aromatic rings. The standard InChI is InChI=1S/C17H22ClN3/c1-2-10-19-16-4-3-5-17-15(16)11-20-21(17)12-13-6-8-14(18)9-7-13/h6-9,11,16,19H,2-5,10,12H2,1H3. The molecule has 1 aliphatic carbocycles. The summed E-state index contributed by atoms with van der Waals surface area (Å²) in [5.74, 6) is 0. The first kappa shape index (κ1) is 14.6. The molecule has 1 atom stereocenters. The topological polar surface area (TPSA) is 29.9 Å². The highest BCUT2D eigenvalue weighted by Crippen LogP contribution is 2.29. The lowest BCUT2D eigenvalue weighted by atomic mass is 9.93. The molecule has 0 bridgehead atoms. The molecule has 0 saturated carbocycles. The van der Waals surface area contributed by atoms with E-state index in [-0.39, 0.29) is 0 Å². The fraction of sp³-hybridized carbons (Fsp3) is 0.471. The first-order valence-electron chi connectivity index (χ1n) is 7.80. The van der Waals surface area contributed by atoms with Gasteiger partial charge in [0.2, 0.25) is 0 Å². The number of halogens is 1. The molecule has 1 unspecified atom stereocenters. The van der Waals surface area contributed by atoms with Gasteiger partial charge >= 0.3 is 0 Å². The zero-order valence-corrected chi connectivity index (χ0v) is 13.2. The van der Waals surface area contributed by atoms with E-state index in [1.54, 1.807) is 0 Å². The Labute approximate surface area is 131 Å². The highest BCUT2D eigenvalue weighted by molar-refractivity contribution is 6.30. The van der Waals surface area contributed by atoms with Crippen LogP contribution in [0.3, 0.4) is 0 Å². The van der Waals surface area contributed by atoms with Crippen LogP contribution >= 0.6 is 11.6 Å². The van der Waals surface area contributed by atoms with Crippen LogP contribution in [0, 0.1) is 0 Å². The molecule has 21 heavy (non-hydrogen) atoms. The van der Waals surface area contributed by atoms with Crippen LogP contribution in [0.1, 0.15) is 49.0 Å². The van der Waals surface area contributed by atoms with Gasteiger partial charge in [-0.25, -0.2) is 0 Å². The molecule has 1 aromatic carbocycles. The fourth-order valence-corrected chi connectivity index (χ4v) is 3.17. The van der Waals surface area contributed by atoms with E-state index in [1.807, 2.05) is 12.1 Å². The van der Waals surface area contributed by atoms with Crippen molar-refractivity contribution in [2.24, 2.45) is 0 Å². The summed E-state index contributed by atoms with van der Waals surface area (Å²) >= 11 is 5.95. The van der Waals surface area contributed by atoms with Gasteiger partial charge in [0, 0.05) is 22.3 Å². The molecule has 0 fully saturated rings. The summed E-state index contributed by atoms with van der Waals surface area (Å²) in [6.07, 6.45) is 6.82. The number of hydrogen-bond donors (Lipinski definition) is 1. The van der Waals surface area contributed by atoms with E-state index in [0.29, 0.717) is 6.04 Å². The molecular weight excluding hydrogens is 282 g/mol. The Morgan fingerprint density at radius 1 is 1.33 bits per heavy atom. The average Bonchev–Trinajstić information content (AvgIpc) is 2.91. The maximum absolute atomic E-state index is 5.95. The molecule has 0 saturated heterocycles. The Hall–Kier alpha value is -1.32. The van der Waals surface area contributed by atoms with Crippen LogP contribution < -0.4 is 5.32 Å². The van der Waals surface area contributed by atoms with Crippen LogP contribution in [0.2, 0.25) is 5.02 Å². The van der Waals surface area contributed by atoms with E-state index >= 15 is 0 Å². The molecule has 0 radical (unpaired) electrons. The first-order valence-corrected chi connectivity index (χ1v) is 8.18. The molecule has 0 aliphatic heterocycles. The van der Waals surface area contributed by atoms with Crippen LogP contribution in [0.4, 0.5) is 0 Å². The second-order valence-corrected chi connectivity index (χ2v) is 6.17. The van der Waals surface area contributed by atoms with Gasteiger partial charge < -0.3 is 5.32 Å². The Morgan fingerprint density at radius 2 is 2.14 bits per heavy atom. The zero-order valence-electron chi connectivity index (χ0n) is 12.5. The Kier molecular flexibility index (Phi) is 4.61. The van der Waals surface area contributed by atoms with Crippen LogP contribution in [-0.4, -0.2) is 16.3 Å². The Bertz CT molecular complexity index is 589. The Balaban J connectivity index is 1.78. The molecule has 0 amide bonds. The normalized spacial score (nSPS) is 17.7. The number of aromatic nitrogens is 2. The summed E-state index contributed by atoms with van der Waals surface area (Å²) < 4.78 is 2.15. The zero-order chi connectivity index (χ0) is 14.7. The van der Waals surface area contributed by atoms with Crippen molar-refractivity contribution >= 4 is 11.6 Å². The molecule has 1 N–H and O–H groups in total. The van der Waals surface area contributed by atoms with E-state index in [4.69, 9.17) is 11.6 Å². The van der Waals surface area contributed by atoms with Gasteiger partial charge in [0.25, 0.3) is 0 Å². The largest absolute Gasteiger partial charge is 0.310 e. The highest BCUT2D eigenvalue weighted by atomic mass is 35.5. The average molecular weight is 304 g/mol. The van der Waals surface area contributed by atoms with Crippen molar-refractivity contribution in [3.8, 4) is 0 Å². The van der Waals surface area contributed by atoms with E-state index in [9.17, 15) is 0 Å². The van der Waals surface area contributed by atoms with Crippen molar-refractivity contribution in [1.82, 2.24) is 15.1 Å². The van der Waals surface area contributed by atoms with Crippen LogP contribution in [0.5, 0.6) is 0 Å². The van der Waals surface area contributed by atoms with E-state index < -0.39 is 0 Å². The molecule has 0 spiro atoms. The lowest BCUT2D eigenvalue weighted by Gasteiger charge is -2.24. The van der Waals surface area contributed by atoms with Crippen molar-refractivity contribution in [2.75, 3.05) is 6.54 Å². The van der Waals surface area contributed by atoms with Crippen molar-refractivity contribution in [2.45, 2.75) is 45.2 Å². The SMILES string of the molecule is CCCNC1CCCc2c1cnn2Cc1ccc(Cl)cc1. The number of nitrogens with zero attached hydrogens (tertiary/aromatic N) is 2. The smallest absolute Gasteiger partial charge is 0.0662 e. The third-order valence-corrected chi connectivity index (χ3v) is 4.40. The van der Waals surface area contributed by atoms with Crippen molar-refractivity contribution in [3.63, 3.8) is 0 Å². The summed E-state index contributed by atoms with van der Waals surface area (Å²) in [5, 5.41) is 9.04. The molecule has 4 heteroatoms. The summed E-state index contributed by atoms with van der Waals surface area (Å²) in [6.45, 7) is 4.11. The molecular formula is C17H22ClN3. The van der Waals surface area contributed by atoms with E-state index in [1.165, 1.54) is 36.1 Å². The van der Waals surface area contributed by atoms with E-state index in [0.717, 1.165) is 24.5 Å². The third-order valence-electron chi connectivity index (χ3n) is 4.15. The van der Waals surface area contributed by atoms with Gasteiger partial charge in [-0.2, -0.15) is 5.10 Å². The number of rotatable bonds is 5. The molecule has 3 nitrogen and oxygen atoms in total. The molecule has 1 aromatic heterocycles.